The van der Waals surface area contributed by atoms with Crippen molar-refractivity contribution < 1.29 is 19.8 Å². The molecule has 3 heterocycles. The van der Waals surface area contributed by atoms with Crippen LogP contribution in [0, 0.1) is 0 Å². The first-order valence-electron chi connectivity index (χ1n) is 12.1. The number of carbonyl (C=O) groups is 2. The van der Waals surface area contributed by atoms with Crippen LogP contribution in [0.4, 0.5) is 0 Å². The summed E-state index contributed by atoms with van der Waals surface area (Å²) < 4.78 is 0. The summed E-state index contributed by atoms with van der Waals surface area (Å²) in [4.78, 5) is 32.6. The zero-order valence-electron chi connectivity index (χ0n) is 20.0. The molecule has 0 unspecified atom stereocenters. The molecule has 2 aromatic heterocycles. The summed E-state index contributed by atoms with van der Waals surface area (Å²) in [6, 6.07) is 19.3. The average molecular weight is 534 g/mol. The van der Waals surface area contributed by atoms with Crippen LogP contribution in [0.1, 0.15) is 30.0 Å². The molecule has 190 valence electrons. The zero-order valence-corrected chi connectivity index (χ0v) is 21.6. The third-order valence-corrected chi connectivity index (χ3v) is 8.32. The van der Waals surface area contributed by atoms with Crippen LogP contribution in [-0.2, 0) is 16.1 Å². The number of aromatic nitrogens is 1. The van der Waals surface area contributed by atoms with Gasteiger partial charge in [0.1, 0.15) is 5.01 Å². The molecule has 3 atom stereocenters. The van der Waals surface area contributed by atoms with E-state index in [1.165, 1.54) is 0 Å². The Morgan fingerprint density at radius 1 is 1.00 bits per heavy atom. The predicted molar refractivity (Wildman–Crippen MR) is 145 cm³/mol. The maximum Gasteiger partial charge on any atom is 0.255 e. The van der Waals surface area contributed by atoms with Crippen LogP contribution in [0.5, 0.6) is 0 Å². The second-order valence-electron chi connectivity index (χ2n) is 8.91. The molecule has 37 heavy (non-hydrogen) atoms. The van der Waals surface area contributed by atoms with E-state index in [1.54, 1.807) is 33.8 Å². The molecule has 1 saturated heterocycles. The van der Waals surface area contributed by atoms with Crippen LogP contribution in [0.15, 0.2) is 77.6 Å². The summed E-state index contributed by atoms with van der Waals surface area (Å²) in [5, 5.41) is 28.5. The second-order valence-corrected chi connectivity index (χ2v) is 10.7. The minimum Gasteiger partial charge on any atom is -0.380 e. The van der Waals surface area contributed by atoms with Gasteiger partial charge in [0.15, 0.2) is 12.2 Å². The summed E-state index contributed by atoms with van der Waals surface area (Å²) in [5.41, 5.74) is 3.95. The number of carbonyl (C=O) groups excluding carboxylic acids is 2. The Balaban J connectivity index is 1.18. The molecule has 1 aliphatic rings. The van der Waals surface area contributed by atoms with Gasteiger partial charge < -0.3 is 20.4 Å². The van der Waals surface area contributed by atoms with Crippen LogP contribution in [0.3, 0.4) is 0 Å². The topological polar surface area (TPSA) is 103 Å². The Hall–Kier alpha value is -3.37. The molecule has 0 bridgehead atoms. The lowest BCUT2D eigenvalue weighted by molar-refractivity contribution is -0.153. The van der Waals surface area contributed by atoms with Crippen LogP contribution in [0.2, 0.25) is 0 Å². The largest absolute Gasteiger partial charge is 0.380 e. The zero-order chi connectivity index (χ0) is 25.8. The first kappa shape index (κ1) is 25.3. The van der Waals surface area contributed by atoms with Crippen LogP contribution >= 0.6 is 22.7 Å². The van der Waals surface area contributed by atoms with Gasteiger partial charge in [-0.25, -0.2) is 4.98 Å². The lowest BCUT2D eigenvalue weighted by atomic mass is 10.0. The van der Waals surface area contributed by atoms with Gasteiger partial charge in [-0.2, -0.15) is 0 Å². The number of likely N-dealkylation sites (tertiary alicyclic amines) is 1. The highest BCUT2D eigenvalue weighted by Gasteiger charge is 2.38. The van der Waals surface area contributed by atoms with E-state index in [4.69, 9.17) is 0 Å². The smallest absolute Gasteiger partial charge is 0.255 e. The fourth-order valence-corrected chi connectivity index (χ4v) is 6.26. The van der Waals surface area contributed by atoms with E-state index in [2.05, 4.69) is 16.4 Å². The number of hydrogen-bond acceptors (Lipinski definition) is 7. The van der Waals surface area contributed by atoms with E-state index < -0.39 is 24.0 Å². The number of aliphatic hydroxyl groups excluding tert-OH is 2. The van der Waals surface area contributed by atoms with E-state index in [0.29, 0.717) is 6.54 Å². The van der Waals surface area contributed by atoms with Crippen molar-refractivity contribution in [3.63, 3.8) is 0 Å². The second kappa shape index (κ2) is 11.4. The summed E-state index contributed by atoms with van der Waals surface area (Å²) >= 11 is 3.24. The molecule has 2 amide bonds. The highest BCUT2D eigenvalue weighted by Crippen LogP contribution is 2.37. The first-order chi connectivity index (χ1) is 18.0. The molecule has 0 radical (unpaired) electrons. The Labute approximate surface area is 223 Å². The van der Waals surface area contributed by atoms with Crippen molar-refractivity contribution in [2.45, 2.75) is 37.6 Å². The molecule has 0 aliphatic carbocycles. The minimum absolute atomic E-state index is 0.164. The molecule has 1 aliphatic heterocycles. The molecular formula is C28H27N3O4S2. The standard InChI is InChI=1S/C28H27N3O4S2/c32-23(24(33)28(35)31-14-4-7-22(31)19-5-2-1-3-6-19)26(34)30-17-18-8-10-20(11-9-18)25-21(12-15-36-25)27-29-13-16-37-27/h1-3,5-6,8-13,15-16,22-24,32-33H,4,7,14,17H2,(H,30,34)/t22-,23-,24-/m1/s1. The number of rotatable bonds is 8. The molecule has 7 nitrogen and oxygen atoms in total. The average Bonchev–Trinajstić information content (AvgIpc) is 3.73. The van der Waals surface area contributed by atoms with E-state index in [1.807, 2.05) is 65.4 Å². The molecule has 5 rings (SSSR count). The third kappa shape index (κ3) is 5.50. The number of amides is 2. The Kier molecular flexibility index (Phi) is 7.76. The fourth-order valence-electron chi connectivity index (χ4n) is 4.63. The van der Waals surface area contributed by atoms with Crippen molar-refractivity contribution in [1.29, 1.82) is 0 Å². The van der Waals surface area contributed by atoms with Gasteiger partial charge in [0.2, 0.25) is 0 Å². The normalized spacial score (nSPS) is 16.9. The van der Waals surface area contributed by atoms with E-state index in [-0.39, 0.29) is 12.6 Å². The maximum atomic E-state index is 12.9. The van der Waals surface area contributed by atoms with Gasteiger partial charge in [-0.1, -0.05) is 54.6 Å². The Morgan fingerprint density at radius 2 is 1.78 bits per heavy atom. The number of aliphatic hydroxyl groups is 2. The van der Waals surface area contributed by atoms with Gasteiger partial charge in [0.05, 0.1) is 6.04 Å². The quantitative estimate of drug-likeness (QED) is 0.314. The number of hydrogen-bond donors (Lipinski definition) is 3. The van der Waals surface area contributed by atoms with Crippen molar-refractivity contribution in [3.8, 4) is 21.0 Å². The summed E-state index contributed by atoms with van der Waals surface area (Å²) in [6.07, 6.45) is -0.311. The number of nitrogens with zero attached hydrogens (tertiary/aromatic N) is 2. The molecular weight excluding hydrogens is 506 g/mol. The lowest BCUT2D eigenvalue weighted by Crippen LogP contribution is -2.50. The monoisotopic (exact) mass is 533 g/mol. The number of thiazole rings is 1. The SMILES string of the molecule is O=C(NCc1ccc(-c2sccc2-c2nccs2)cc1)[C@H](O)[C@@H](O)C(=O)N1CCC[C@@H]1c1ccccc1. The van der Waals surface area contributed by atoms with E-state index in [0.717, 1.165) is 45.0 Å². The van der Waals surface area contributed by atoms with Crippen molar-refractivity contribution in [2.24, 2.45) is 0 Å². The molecule has 1 fully saturated rings. The van der Waals surface area contributed by atoms with Gasteiger partial charge in [-0.3, -0.25) is 9.59 Å². The molecule has 3 N–H and O–H groups in total. The third-order valence-electron chi connectivity index (χ3n) is 6.55. The summed E-state index contributed by atoms with van der Waals surface area (Å²) in [6.45, 7) is 0.641. The highest BCUT2D eigenvalue weighted by atomic mass is 32.1. The van der Waals surface area contributed by atoms with Gasteiger partial charge >= 0.3 is 0 Å². The highest BCUT2D eigenvalue weighted by molar-refractivity contribution is 7.16. The van der Waals surface area contributed by atoms with Crippen LogP contribution < -0.4 is 5.32 Å². The number of benzene rings is 2. The molecule has 4 aromatic rings. The summed E-state index contributed by atoms with van der Waals surface area (Å²) in [5.74, 6) is -1.42. The van der Waals surface area contributed by atoms with Crippen molar-refractivity contribution >= 4 is 34.5 Å². The van der Waals surface area contributed by atoms with E-state index in [9.17, 15) is 19.8 Å². The van der Waals surface area contributed by atoms with Crippen molar-refractivity contribution in [3.05, 3.63) is 88.7 Å². The van der Waals surface area contributed by atoms with Gasteiger partial charge in [0.25, 0.3) is 11.8 Å². The predicted octanol–water partition coefficient (Wildman–Crippen LogP) is 4.24. The molecule has 0 spiro atoms. The molecule has 9 heteroatoms. The fraction of sp³-hybridized carbons (Fsp3) is 0.250. The Morgan fingerprint density at radius 3 is 2.51 bits per heavy atom. The van der Waals surface area contributed by atoms with Gasteiger partial charge in [-0.05, 0) is 41.0 Å². The minimum atomic E-state index is -1.85. The van der Waals surface area contributed by atoms with Crippen LogP contribution in [-0.4, -0.2) is 50.7 Å². The van der Waals surface area contributed by atoms with Crippen molar-refractivity contribution in [2.75, 3.05) is 6.54 Å². The Bertz CT molecular complexity index is 1340. The van der Waals surface area contributed by atoms with E-state index >= 15 is 0 Å². The maximum absolute atomic E-state index is 12.9. The van der Waals surface area contributed by atoms with Crippen LogP contribution in [0.25, 0.3) is 21.0 Å². The molecule has 0 saturated carbocycles. The lowest BCUT2D eigenvalue weighted by Gasteiger charge is -2.28. The first-order valence-corrected chi connectivity index (χ1v) is 13.8. The van der Waals surface area contributed by atoms with Crippen molar-refractivity contribution in [1.82, 2.24) is 15.2 Å². The number of thiophene rings is 1. The molecule has 2 aromatic carbocycles. The van der Waals surface area contributed by atoms with Gasteiger partial charge in [-0.15, -0.1) is 22.7 Å². The number of nitrogens with one attached hydrogen (secondary N) is 1. The summed E-state index contributed by atoms with van der Waals surface area (Å²) in [7, 11) is 0. The van der Waals surface area contributed by atoms with Gasteiger partial charge in [0, 0.05) is 35.1 Å².